The summed E-state index contributed by atoms with van der Waals surface area (Å²) < 4.78 is 0. The summed E-state index contributed by atoms with van der Waals surface area (Å²) in [5.74, 6) is 0. The molecule has 15 heavy (non-hydrogen) atoms. The van der Waals surface area contributed by atoms with E-state index in [1.165, 1.54) is 39.2 Å². The molecule has 0 aromatic heterocycles. The molecule has 96 valence electrons. The van der Waals surface area contributed by atoms with Gasteiger partial charge < -0.3 is 10.6 Å². The number of rotatable bonds is 4. The molecule has 0 atom stereocenters. The van der Waals surface area contributed by atoms with Crippen molar-refractivity contribution < 1.29 is 4.84 Å². The van der Waals surface area contributed by atoms with E-state index in [0.29, 0.717) is 6.04 Å². The van der Waals surface area contributed by atoms with Crippen LogP contribution >= 0.6 is 24.8 Å². The third-order valence-electron chi connectivity index (χ3n) is 2.16. The zero-order valence-electron chi connectivity index (χ0n) is 9.83. The van der Waals surface area contributed by atoms with Gasteiger partial charge in [0.05, 0.1) is 6.61 Å². The van der Waals surface area contributed by atoms with Crippen molar-refractivity contribution in [2.24, 2.45) is 5.73 Å². The van der Waals surface area contributed by atoms with Gasteiger partial charge in [-0.25, -0.2) is 0 Å². The summed E-state index contributed by atoms with van der Waals surface area (Å²) in [6.45, 7) is 2.97. The molecule has 3 nitrogen and oxygen atoms in total. The first-order valence-corrected chi connectivity index (χ1v) is 5.38. The van der Waals surface area contributed by atoms with Gasteiger partial charge in [-0.3, -0.25) is 0 Å². The van der Waals surface area contributed by atoms with Crippen molar-refractivity contribution in [3.05, 3.63) is 0 Å². The fraction of sp³-hybridized carbons (Fsp3) is 1.00. The van der Waals surface area contributed by atoms with Crippen molar-refractivity contribution in [3.8, 4) is 0 Å². The van der Waals surface area contributed by atoms with Gasteiger partial charge in [0, 0.05) is 6.04 Å². The second-order valence-electron chi connectivity index (χ2n) is 3.30. The number of hydrogen-bond donors (Lipinski definition) is 2. The molecule has 1 fully saturated rings. The Morgan fingerprint density at radius 1 is 1.13 bits per heavy atom. The van der Waals surface area contributed by atoms with Gasteiger partial charge >= 0.3 is 0 Å². The molecule has 0 heterocycles. The summed E-state index contributed by atoms with van der Waals surface area (Å²) in [6, 6.07) is 0.635. The van der Waals surface area contributed by atoms with E-state index >= 15 is 0 Å². The standard InChI is InChI=1S/C9H19NO.CH5N.2ClH/c1-2-8-11-10-9-6-4-3-5-7-9;1-2;;/h9-10H,2-8H2,1H3;2H2,1H3;2*1H. The second-order valence-corrected chi connectivity index (χ2v) is 3.30. The maximum absolute atomic E-state index is 5.27. The van der Waals surface area contributed by atoms with Gasteiger partial charge in [-0.1, -0.05) is 26.2 Å². The summed E-state index contributed by atoms with van der Waals surface area (Å²) in [5, 5.41) is 0. The van der Waals surface area contributed by atoms with E-state index in [4.69, 9.17) is 4.84 Å². The minimum atomic E-state index is 0. The molecule has 1 aliphatic rings. The molecule has 3 N–H and O–H groups in total. The van der Waals surface area contributed by atoms with Crippen LogP contribution in [0, 0.1) is 0 Å². The molecule has 1 rings (SSSR count). The van der Waals surface area contributed by atoms with E-state index in [2.05, 4.69) is 18.1 Å². The molecule has 0 aromatic carbocycles. The third kappa shape index (κ3) is 12.4. The fourth-order valence-corrected chi connectivity index (χ4v) is 1.50. The summed E-state index contributed by atoms with van der Waals surface area (Å²) in [6.07, 6.45) is 7.83. The first-order chi connectivity index (χ1) is 6.43. The Balaban J connectivity index is -0.000000339. The zero-order chi connectivity index (χ0) is 9.94. The Kier molecular flexibility index (Phi) is 23.4. The molecular formula is C10H26Cl2N2O. The monoisotopic (exact) mass is 260 g/mol. The molecule has 0 aromatic rings. The smallest absolute Gasteiger partial charge is 0.0679 e. The van der Waals surface area contributed by atoms with Crippen LogP contribution in [0.2, 0.25) is 0 Å². The summed E-state index contributed by atoms with van der Waals surface area (Å²) >= 11 is 0. The lowest BCUT2D eigenvalue weighted by Crippen LogP contribution is -2.31. The van der Waals surface area contributed by atoms with Crippen molar-refractivity contribution in [2.75, 3.05) is 13.7 Å². The number of nitrogens with one attached hydrogen (secondary N) is 1. The van der Waals surface area contributed by atoms with E-state index in [1.807, 2.05) is 0 Å². The van der Waals surface area contributed by atoms with Crippen LogP contribution in [0.15, 0.2) is 0 Å². The van der Waals surface area contributed by atoms with E-state index in [-0.39, 0.29) is 24.8 Å². The van der Waals surface area contributed by atoms with Crippen LogP contribution in [-0.4, -0.2) is 19.7 Å². The molecular weight excluding hydrogens is 235 g/mol. The van der Waals surface area contributed by atoms with Crippen LogP contribution in [0.4, 0.5) is 0 Å². The average Bonchev–Trinajstić information content (AvgIpc) is 2.23. The average molecular weight is 261 g/mol. The lowest BCUT2D eigenvalue weighted by molar-refractivity contribution is 0.00765. The second kappa shape index (κ2) is 16.9. The van der Waals surface area contributed by atoms with Crippen molar-refractivity contribution in [1.82, 2.24) is 5.48 Å². The minimum absolute atomic E-state index is 0. The predicted octanol–water partition coefficient (Wildman–Crippen LogP) is 2.67. The van der Waals surface area contributed by atoms with Crippen LogP contribution < -0.4 is 11.2 Å². The van der Waals surface area contributed by atoms with Crippen LogP contribution in [0.5, 0.6) is 0 Å². The molecule has 0 unspecified atom stereocenters. The van der Waals surface area contributed by atoms with Gasteiger partial charge in [0.25, 0.3) is 0 Å². The highest BCUT2D eigenvalue weighted by Crippen LogP contribution is 2.17. The predicted molar refractivity (Wildman–Crippen MR) is 70.9 cm³/mol. The van der Waals surface area contributed by atoms with Crippen LogP contribution in [0.1, 0.15) is 45.4 Å². The van der Waals surface area contributed by atoms with E-state index in [0.717, 1.165) is 13.0 Å². The van der Waals surface area contributed by atoms with Gasteiger partial charge in [-0.05, 0) is 26.3 Å². The quantitative estimate of drug-likeness (QED) is 0.604. The van der Waals surface area contributed by atoms with Crippen LogP contribution in [0.25, 0.3) is 0 Å². The number of hydroxylamine groups is 1. The molecule has 0 aliphatic heterocycles. The SMILES string of the molecule is CCCONC1CCCCC1.CN.Cl.Cl. The van der Waals surface area contributed by atoms with Crippen LogP contribution in [0.3, 0.4) is 0 Å². The Hall–Kier alpha value is 0.460. The van der Waals surface area contributed by atoms with Crippen LogP contribution in [-0.2, 0) is 4.84 Å². The van der Waals surface area contributed by atoms with Crippen molar-refractivity contribution in [3.63, 3.8) is 0 Å². The Morgan fingerprint density at radius 2 is 1.67 bits per heavy atom. The molecule has 1 saturated carbocycles. The number of nitrogens with two attached hydrogens (primary N) is 1. The van der Waals surface area contributed by atoms with Gasteiger partial charge in [0.1, 0.15) is 0 Å². The Morgan fingerprint density at radius 3 is 2.13 bits per heavy atom. The largest absolute Gasteiger partial charge is 0.333 e. The number of hydrogen-bond acceptors (Lipinski definition) is 3. The number of halogens is 2. The Labute approximate surface area is 106 Å². The zero-order valence-corrected chi connectivity index (χ0v) is 11.5. The maximum Gasteiger partial charge on any atom is 0.0679 e. The maximum atomic E-state index is 5.27. The molecule has 1 aliphatic carbocycles. The van der Waals surface area contributed by atoms with Gasteiger partial charge in [-0.15, -0.1) is 24.8 Å². The highest BCUT2D eigenvalue weighted by atomic mass is 35.5. The molecule has 0 bridgehead atoms. The van der Waals surface area contributed by atoms with E-state index in [9.17, 15) is 0 Å². The van der Waals surface area contributed by atoms with Gasteiger partial charge in [0.2, 0.25) is 0 Å². The molecule has 0 saturated heterocycles. The molecule has 5 heteroatoms. The third-order valence-corrected chi connectivity index (χ3v) is 2.16. The minimum Gasteiger partial charge on any atom is -0.333 e. The van der Waals surface area contributed by atoms with E-state index < -0.39 is 0 Å². The molecule has 0 spiro atoms. The van der Waals surface area contributed by atoms with Crippen molar-refractivity contribution in [2.45, 2.75) is 51.5 Å². The topological polar surface area (TPSA) is 47.3 Å². The summed E-state index contributed by atoms with van der Waals surface area (Å²) in [5.41, 5.74) is 7.62. The normalized spacial score (nSPS) is 15.4. The molecule has 0 radical (unpaired) electrons. The van der Waals surface area contributed by atoms with Crippen molar-refractivity contribution >= 4 is 24.8 Å². The fourth-order valence-electron chi connectivity index (χ4n) is 1.50. The lowest BCUT2D eigenvalue weighted by Gasteiger charge is -2.21. The van der Waals surface area contributed by atoms with Gasteiger partial charge in [-0.2, -0.15) is 5.48 Å². The first-order valence-electron chi connectivity index (χ1n) is 5.38. The van der Waals surface area contributed by atoms with E-state index in [1.54, 1.807) is 0 Å². The summed E-state index contributed by atoms with van der Waals surface area (Å²) in [4.78, 5) is 5.27. The van der Waals surface area contributed by atoms with Gasteiger partial charge in [0.15, 0.2) is 0 Å². The van der Waals surface area contributed by atoms with Crippen molar-refractivity contribution in [1.29, 1.82) is 0 Å². The Bertz CT molecular complexity index is 101. The lowest BCUT2D eigenvalue weighted by atomic mass is 9.96. The highest BCUT2D eigenvalue weighted by Gasteiger charge is 2.11. The molecule has 0 amide bonds. The first kappa shape index (κ1) is 20.8. The summed E-state index contributed by atoms with van der Waals surface area (Å²) in [7, 11) is 1.50. The highest BCUT2D eigenvalue weighted by molar-refractivity contribution is 5.85.